The van der Waals surface area contributed by atoms with Gasteiger partial charge >= 0.3 is 12.0 Å². The molecule has 0 saturated heterocycles. The van der Waals surface area contributed by atoms with Crippen molar-refractivity contribution < 1.29 is 23.5 Å². The molecule has 124 valence electrons. The molecule has 2 rings (SSSR count). The maximum absolute atomic E-state index is 12.2. The molecule has 0 spiro atoms. The van der Waals surface area contributed by atoms with E-state index in [-0.39, 0.29) is 0 Å². The van der Waals surface area contributed by atoms with Gasteiger partial charge in [-0.1, -0.05) is 30.3 Å². The smallest absolute Gasteiger partial charge is 0.332 e. The highest BCUT2D eigenvalue weighted by Gasteiger charge is 2.25. The van der Waals surface area contributed by atoms with Gasteiger partial charge in [0.25, 0.3) is 5.91 Å². The summed E-state index contributed by atoms with van der Waals surface area (Å²) in [6.07, 6.45) is 2.77. The molecule has 7 heteroatoms. The minimum Gasteiger partial charge on any atom is -0.465 e. The van der Waals surface area contributed by atoms with Crippen LogP contribution in [0.5, 0.6) is 0 Å². The Labute approximate surface area is 138 Å². The zero-order valence-electron chi connectivity index (χ0n) is 12.9. The van der Waals surface area contributed by atoms with E-state index in [1.165, 1.54) is 19.4 Å². The van der Waals surface area contributed by atoms with Crippen molar-refractivity contribution in [2.24, 2.45) is 0 Å². The van der Waals surface area contributed by atoms with Crippen LogP contribution < -0.4 is 10.6 Å². The van der Waals surface area contributed by atoms with Crippen LogP contribution in [-0.2, 0) is 14.3 Å². The van der Waals surface area contributed by atoms with Crippen LogP contribution in [0.3, 0.4) is 0 Å². The second-order valence-electron chi connectivity index (χ2n) is 4.64. The van der Waals surface area contributed by atoms with Gasteiger partial charge in [0.15, 0.2) is 0 Å². The van der Waals surface area contributed by atoms with E-state index in [1.54, 1.807) is 42.5 Å². The number of benzene rings is 1. The van der Waals surface area contributed by atoms with Crippen molar-refractivity contribution in [3.8, 4) is 0 Å². The largest absolute Gasteiger partial charge is 0.465 e. The van der Waals surface area contributed by atoms with Crippen molar-refractivity contribution in [2.75, 3.05) is 7.05 Å². The molecule has 0 fully saturated rings. The fourth-order valence-corrected chi connectivity index (χ4v) is 1.83. The molecule has 24 heavy (non-hydrogen) atoms. The summed E-state index contributed by atoms with van der Waals surface area (Å²) in [4.78, 5) is 35.5. The second-order valence-corrected chi connectivity index (χ2v) is 4.64. The fourth-order valence-electron chi connectivity index (χ4n) is 1.83. The molecule has 0 aliphatic carbocycles. The van der Waals surface area contributed by atoms with Crippen LogP contribution in [-0.4, -0.2) is 25.0 Å². The van der Waals surface area contributed by atoms with E-state index in [4.69, 9.17) is 9.15 Å². The van der Waals surface area contributed by atoms with E-state index in [0.717, 1.165) is 6.08 Å². The molecular formula is C17H16N2O5. The van der Waals surface area contributed by atoms with Crippen LogP contribution in [0.4, 0.5) is 4.79 Å². The Hall–Kier alpha value is -3.35. The third-order valence-electron chi connectivity index (χ3n) is 2.97. The lowest BCUT2D eigenvalue weighted by Crippen LogP contribution is -2.41. The lowest BCUT2D eigenvalue weighted by Gasteiger charge is -2.16. The van der Waals surface area contributed by atoms with Crippen LogP contribution in [0, 0.1) is 0 Å². The van der Waals surface area contributed by atoms with E-state index in [9.17, 15) is 14.4 Å². The summed E-state index contributed by atoms with van der Waals surface area (Å²) in [5.41, 5.74) is 0.443. The molecular weight excluding hydrogens is 312 g/mol. The number of carbonyl (C=O) groups excluding carboxylic acids is 3. The predicted molar refractivity (Wildman–Crippen MR) is 85.6 cm³/mol. The molecule has 0 saturated carbocycles. The summed E-state index contributed by atoms with van der Waals surface area (Å²) in [5, 5.41) is 4.36. The van der Waals surface area contributed by atoms with E-state index in [0.29, 0.717) is 11.3 Å². The van der Waals surface area contributed by atoms with Crippen LogP contribution in [0.2, 0.25) is 0 Å². The van der Waals surface area contributed by atoms with Gasteiger partial charge in [-0.3, -0.25) is 10.1 Å². The number of hydrogen-bond donors (Lipinski definition) is 2. The third kappa shape index (κ3) is 4.84. The van der Waals surface area contributed by atoms with Crippen molar-refractivity contribution in [3.05, 3.63) is 66.1 Å². The first kappa shape index (κ1) is 17.0. The standard InChI is InChI=1S/C17H16N2O5/c1-18-17(22)19-16(21)15(12-6-3-2-4-7-12)24-14(20)10-9-13-8-5-11-23-13/h2-11,15H,1H3,(H2,18,19,21,22)/b10-9+/t15-/m0/s1. The topological polar surface area (TPSA) is 97.6 Å². The fraction of sp³-hybridized carbons (Fsp3) is 0.118. The number of amides is 3. The Morgan fingerprint density at radius 2 is 1.88 bits per heavy atom. The number of nitrogens with one attached hydrogen (secondary N) is 2. The molecule has 0 radical (unpaired) electrons. The zero-order valence-corrected chi connectivity index (χ0v) is 12.9. The Bertz CT molecular complexity index is 723. The van der Waals surface area contributed by atoms with Gasteiger partial charge in [-0.25, -0.2) is 9.59 Å². The third-order valence-corrected chi connectivity index (χ3v) is 2.97. The number of furan rings is 1. The molecule has 0 aliphatic rings. The van der Waals surface area contributed by atoms with Gasteiger partial charge in [-0.15, -0.1) is 0 Å². The Balaban J connectivity index is 2.12. The number of ether oxygens (including phenoxy) is 1. The molecule has 1 aromatic carbocycles. The number of imide groups is 1. The van der Waals surface area contributed by atoms with Gasteiger partial charge in [0.1, 0.15) is 5.76 Å². The lowest BCUT2D eigenvalue weighted by molar-refractivity contribution is -0.151. The summed E-state index contributed by atoms with van der Waals surface area (Å²) >= 11 is 0. The first-order valence-corrected chi connectivity index (χ1v) is 7.10. The highest BCUT2D eigenvalue weighted by atomic mass is 16.5. The molecule has 1 atom stereocenters. The van der Waals surface area contributed by atoms with Crippen LogP contribution in [0.25, 0.3) is 6.08 Å². The first-order valence-electron chi connectivity index (χ1n) is 7.10. The summed E-state index contributed by atoms with van der Waals surface area (Å²) in [7, 11) is 1.37. The number of urea groups is 1. The Morgan fingerprint density at radius 3 is 2.50 bits per heavy atom. The van der Waals surface area contributed by atoms with Gasteiger partial charge in [-0.2, -0.15) is 0 Å². The van der Waals surface area contributed by atoms with Gasteiger partial charge in [0.05, 0.1) is 6.26 Å². The van der Waals surface area contributed by atoms with E-state index >= 15 is 0 Å². The molecule has 0 unspecified atom stereocenters. The van der Waals surface area contributed by atoms with Crippen LogP contribution in [0.1, 0.15) is 17.4 Å². The predicted octanol–water partition coefficient (Wildman–Crippen LogP) is 2.03. The van der Waals surface area contributed by atoms with Gasteiger partial charge in [0.2, 0.25) is 6.10 Å². The summed E-state index contributed by atoms with van der Waals surface area (Å²) in [5.74, 6) is -1.02. The van der Waals surface area contributed by atoms with Gasteiger partial charge in [0, 0.05) is 18.7 Å². The molecule has 1 heterocycles. The highest BCUT2D eigenvalue weighted by Crippen LogP contribution is 2.18. The zero-order chi connectivity index (χ0) is 17.4. The maximum Gasteiger partial charge on any atom is 0.332 e. The Morgan fingerprint density at radius 1 is 1.12 bits per heavy atom. The molecule has 0 bridgehead atoms. The molecule has 2 aromatic rings. The van der Waals surface area contributed by atoms with Crippen molar-refractivity contribution in [1.29, 1.82) is 0 Å². The molecule has 1 aromatic heterocycles. The van der Waals surface area contributed by atoms with Crippen molar-refractivity contribution >= 4 is 24.0 Å². The minimum atomic E-state index is -1.25. The lowest BCUT2D eigenvalue weighted by atomic mass is 10.1. The first-order chi connectivity index (χ1) is 11.6. The molecule has 3 amide bonds. The highest BCUT2D eigenvalue weighted by molar-refractivity contribution is 5.98. The van der Waals surface area contributed by atoms with Crippen molar-refractivity contribution in [2.45, 2.75) is 6.10 Å². The summed E-state index contributed by atoms with van der Waals surface area (Å²) < 4.78 is 10.2. The van der Waals surface area contributed by atoms with Crippen molar-refractivity contribution in [1.82, 2.24) is 10.6 Å². The minimum absolute atomic E-state index is 0.443. The maximum atomic E-state index is 12.2. The van der Waals surface area contributed by atoms with Crippen molar-refractivity contribution in [3.63, 3.8) is 0 Å². The monoisotopic (exact) mass is 328 g/mol. The van der Waals surface area contributed by atoms with Crippen LogP contribution in [0.15, 0.2) is 59.2 Å². The number of hydrogen-bond acceptors (Lipinski definition) is 5. The number of esters is 1. The van der Waals surface area contributed by atoms with E-state index in [2.05, 4.69) is 10.6 Å². The number of rotatable bonds is 5. The van der Waals surface area contributed by atoms with E-state index < -0.39 is 24.0 Å². The quantitative estimate of drug-likeness (QED) is 0.646. The molecule has 0 aliphatic heterocycles. The van der Waals surface area contributed by atoms with Crippen LogP contribution >= 0.6 is 0 Å². The van der Waals surface area contributed by atoms with Gasteiger partial charge < -0.3 is 14.5 Å². The van der Waals surface area contributed by atoms with E-state index in [1.807, 2.05) is 0 Å². The average Bonchev–Trinajstić information content (AvgIpc) is 3.12. The van der Waals surface area contributed by atoms with Gasteiger partial charge in [-0.05, 0) is 18.2 Å². The summed E-state index contributed by atoms with van der Waals surface area (Å²) in [6, 6.07) is 11.0. The SMILES string of the molecule is CNC(=O)NC(=O)[C@@H](OC(=O)/C=C/c1ccco1)c1ccccc1. The second kappa shape index (κ2) is 8.33. The summed E-state index contributed by atoms with van der Waals surface area (Å²) in [6.45, 7) is 0. The average molecular weight is 328 g/mol. The molecule has 7 nitrogen and oxygen atoms in total. The molecule has 2 N–H and O–H groups in total. The number of carbonyl (C=O) groups is 3. The normalized spacial score (nSPS) is 11.7. The Kier molecular flexibility index (Phi) is 5.90.